The third-order valence-corrected chi connectivity index (χ3v) is 4.57. The predicted molar refractivity (Wildman–Crippen MR) is 101 cm³/mol. The van der Waals surface area contributed by atoms with Crippen LogP contribution in [0, 0.1) is 6.92 Å². The fourth-order valence-electron chi connectivity index (χ4n) is 3.23. The Hall–Kier alpha value is -2.26. The van der Waals surface area contributed by atoms with Gasteiger partial charge in [0.1, 0.15) is 5.75 Å². The average Bonchev–Trinajstić information content (AvgIpc) is 2.87. The zero-order valence-electron chi connectivity index (χ0n) is 14.8. The van der Waals surface area contributed by atoms with Crippen molar-refractivity contribution in [3.05, 3.63) is 52.6 Å². The van der Waals surface area contributed by atoms with E-state index in [0.29, 0.717) is 6.42 Å². The maximum Gasteiger partial charge on any atom is 0.119 e. The number of aliphatic hydroxyl groups is 1. The van der Waals surface area contributed by atoms with Gasteiger partial charge in [-0.2, -0.15) is 0 Å². The van der Waals surface area contributed by atoms with E-state index in [2.05, 4.69) is 43.1 Å². The Morgan fingerprint density at radius 2 is 1.96 bits per heavy atom. The van der Waals surface area contributed by atoms with E-state index >= 15 is 0 Å². The summed E-state index contributed by atoms with van der Waals surface area (Å²) in [7, 11) is 0. The first-order valence-electron chi connectivity index (χ1n) is 8.44. The zero-order valence-corrected chi connectivity index (χ0v) is 14.8. The Labute approximate surface area is 142 Å². The number of aromatic nitrogens is 1. The number of phenolic OH excluding ortho intramolecular Hbond substituents is 1. The van der Waals surface area contributed by atoms with E-state index in [0.717, 1.165) is 39.4 Å². The highest BCUT2D eigenvalue weighted by Gasteiger charge is 2.15. The molecule has 0 aliphatic carbocycles. The van der Waals surface area contributed by atoms with Gasteiger partial charge in [0.05, 0.1) is 11.6 Å². The molecule has 24 heavy (non-hydrogen) atoms. The second-order valence-corrected chi connectivity index (χ2v) is 6.97. The highest BCUT2D eigenvalue weighted by molar-refractivity contribution is 6.09. The summed E-state index contributed by atoms with van der Waals surface area (Å²) in [6, 6.07) is 8.26. The summed E-state index contributed by atoms with van der Waals surface area (Å²) in [4.78, 5) is 3.47. The molecule has 3 nitrogen and oxygen atoms in total. The number of nitrogens with one attached hydrogen (secondary N) is 1. The molecule has 0 radical (unpaired) electrons. The number of hydrogen-bond acceptors (Lipinski definition) is 2. The lowest BCUT2D eigenvalue weighted by atomic mass is 9.97. The van der Waals surface area contributed by atoms with Crippen molar-refractivity contribution in [1.82, 2.24) is 4.98 Å². The lowest BCUT2D eigenvalue weighted by molar-refractivity contribution is 0.195. The molecule has 3 aromatic rings. The minimum Gasteiger partial charge on any atom is -0.508 e. The normalized spacial score (nSPS) is 12.7. The summed E-state index contributed by atoms with van der Waals surface area (Å²) in [5.74, 6) is 0.286. The average molecular weight is 323 g/mol. The maximum absolute atomic E-state index is 10.3. The molecular formula is C21H25NO2. The molecule has 0 unspecified atom stereocenters. The third kappa shape index (κ3) is 3.04. The van der Waals surface area contributed by atoms with Crippen molar-refractivity contribution in [3.63, 3.8) is 0 Å². The molecule has 3 N–H and O–H groups in total. The maximum atomic E-state index is 10.3. The van der Waals surface area contributed by atoms with Crippen molar-refractivity contribution in [1.29, 1.82) is 0 Å². The molecule has 0 bridgehead atoms. The second-order valence-electron chi connectivity index (χ2n) is 6.97. The Morgan fingerprint density at radius 1 is 1.21 bits per heavy atom. The molecule has 3 rings (SSSR count). The largest absolute Gasteiger partial charge is 0.508 e. The molecule has 0 amide bonds. The van der Waals surface area contributed by atoms with E-state index in [1.165, 1.54) is 11.1 Å². The smallest absolute Gasteiger partial charge is 0.119 e. The first-order chi connectivity index (χ1) is 11.4. The van der Waals surface area contributed by atoms with Crippen LogP contribution < -0.4 is 0 Å². The van der Waals surface area contributed by atoms with Gasteiger partial charge in [-0.25, -0.2) is 0 Å². The van der Waals surface area contributed by atoms with Crippen LogP contribution in [0.2, 0.25) is 0 Å². The second kappa shape index (κ2) is 6.33. The van der Waals surface area contributed by atoms with E-state index in [1.54, 1.807) is 6.92 Å². The number of aromatic amines is 1. The number of fused-ring (bicyclic) bond motifs is 3. The number of aliphatic hydroxyl groups excluding tert-OH is 1. The van der Waals surface area contributed by atoms with Crippen molar-refractivity contribution >= 4 is 21.8 Å². The summed E-state index contributed by atoms with van der Waals surface area (Å²) in [5, 5.41) is 22.3. The van der Waals surface area contributed by atoms with Crippen LogP contribution in [-0.4, -0.2) is 21.3 Å². The number of rotatable bonds is 4. The standard InChI is InChI=1S/C21H25NO2/c1-12(2)5-6-15-7-8-19-17(10-15)18-11-20(24)14(4)16(9-13(3)23)21(18)22-19/h5,7-8,10-11,13,22-24H,6,9H2,1-4H3/t13-/m0/s1. The fraction of sp³-hybridized carbons (Fsp3) is 0.333. The predicted octanol–water partition coefficient (Wildman–Crippen LogP) is 4.77. The molecule has 2 aromatic carbocycles. The van der Waals surface area contributed by atoms with Crippen LogP contribution in [0.1, 0.15) is 37.5 Å². The van der Waals surface area contributed by atoms with E-state index in [4.69, 9.17) is 0 Å². The van der Waals surface area contributed by atoms with Gasteiger partial charge >= 0.3 is 0 Å². The molecule has 0 fully saturated rings. The van der Waals surface area contributed by atoms with Crippen LogP contribution in [0.5, 0.6) is 5.75 Å². The number of H-pyrrole nitrogens is 1. The van der Waals surface area contributed by atoms with E-state index < -0.39 is 6.10 Å². The molecule has 1 aromatic heterocycles. The van der Waals surface area contributed by atoms with E-state index in [-0.39, 0.29) is 5.75 Å². The SMILES string of the molecule is CC(C)=CCc1ccc2[nH]c3c(C[C@H](C)O)c(C)c(O)cc3c2c1. The minimum atomic E-state index is -0.451. The van der Waals surface area contributed by atoms with Crippen LogP contribution in [0.25, 0.3) is 21.8 Å². The van der Waals surface area contributed by atoms with Gasteiger partial charge < -0.3 is 15.2 Å². The molecule has 1 atom stereocenters. The number of benzene rings is 2. The Kier molecular flexibility index (Phi) is 4.37. The first-order valence-corrected chi connectivity index (χ1v) is 8.44. The van der Waals surface area contributed by atoms with Crippen LogP contribution >= 0.6 is 0 Å². The van der Waals surface area contributed by atoms with Gasteiger partial charge in [0.25, 0.3) is 0 Å². The lowest BCUT2D eigenvalue weighted by Gasteiger charge is -2.11. The molecule has 1 heterocycles. The van der Waals surface area contributed by atoms with Crippen molar-refractivity contribution in [2.75, 3.05) is 0 Å². The van der Waals surface area contributed by atoms with Crippen LogP contribution in [0.15, 0.2) is 35.9 Å². The number of phenols is 1. The summed E-state index contributed by atoms with van der Waals surface area (Å²) < 4.78 is 0. The molecule has 0 saturated heterocycles. The summed E-state index contributed by atoms with van der Waals surface area (Å²) >= 11 is 0. The molecule has 0 aliphatic heterocycles. The van der Waals surface area contributed by atoms with Crippen LogP contribution in [0.4, 0.5) is 0 Å². The Bertz CT molecular complexity index is 928. The van der Waals surface area contributed by atoms with Gasteiger partial charge in [-0.3, -0.25) is 0 Å². The molecule has 126 valence electrons. The van der Waals surface area contributed by atoms with Gasteiger partial charge in [-0.1, -0.05) is 17.7 Å². The van der Waals surface area contributed by atoms with Crippen molar-refractivity contribution in [2.45, 2.75) is 46.6 Å². The lowest BCUT2D eigenvalue weighted by Crippen LogP contribution is -2.06. The summed E-state index contributed by atoms with van der Waals surface area (Å²) in [6.45, 7) is 7.88. The van der Waals surface area contributed by atoms with Gasteiger partial charge in [0, 0.05) is 22.7 Å². The molecule has 0 saturated carbocycles. The first kappa shape index (κ1) is 16.6. The topological polar surface area (TPSA) is 56.2 Å². The van der Waals surface area contributed by atoms with Crippen LogP contribution in [-0.2, 0) is 12.8 Å². The Balaban J connectivity index is 2.23. The minimum absolute atomic E-state index is 0.286. The van der Waals surface area contributed by atoms with E-state index in [9.17, 15) is 10.2 Å². The zero-order chi connectivity index (χ0) is 17.4. The van der Waals surface area contributed by atoms with Crippen LogP contribution in [0.3, 0.4) is 0 Å². The molecule has 0 spiro atoms. The van der Waals surface area contributed by atoms with Crippen molar-refractivity contribution in [2.24, 2.45) is 0 Å². The van der Waals surface area contributed by atoms with Gasteiger partial charge in [0.2, 0.25) is 0 Å². The Morgan fingerprint density at radius 3 is 2.62 bits per heavy atom. The van der Waals surface area contributed by atoms with Gasteiger partial charge in [-0.05, 0) is 69.0 Å². The summed E-state index contributed by atoms with van der Waals surface area (Å²) in [6.07, 6.45) is 3.20. The van der Waals surface area contributed by atoms with E-state index in [1.807, 2.05) is 13.0 Å². The van der Waals surface area contributed by atoms with Crippen molar-refractivity contribution in [3.8, 4) is 5.75 Å². The summed E-state index contributed by atoms with van der Waals surface area (Å²) in [5.41, 5.74) is 6.45. The number of hydrogen-bond donors (Lipinski definition) is 3. The quantitative estimate of drug-likeness (QED) is 0.606. The molecule has 0 aliphatic rings. The molecule has 3 heteroatoms. The number of allylic oxidation sites excluding steroid dienone is 2. The number of aromatic hydroxyl groups is 1. The van der Waals surface area contributed by atoms with Crippen molar-refractivity contribution < 1.29 is 10.2 Å². The van der Waals surface area contributed by atoms with Gasteiger partial charge in [-0.15, -0.1) is 0 Å². The highest BCUT2D eigenvalue weighted by Crippen LogP contribution is 2.35. The molecular weight excluding hydrogens is 298 g/mol. The third-order valence-electron chi connectivity index (χ3n) is 4.57. The fourth-order valence-corrected chi connectivity index (χ4v) is 3.23. The highest BCUT2D eigenvalue weighted by atomic mass is 16.3. The monoisotopic (exact) mass is 323 g/mol. The van der Waals surface area contributed by atoms with Gasteiger partial charge in [0.15, 0.2) is 0 Å².